The van der Waals surface area contributed by atoms with E-state index in [-0.39, 0.29) is 4.90 Å². The van der Waals surface area contributed by atoms with E-state index in [1.165, 1.54) is 57.0 Å². The van der Waals surface area contributed by atoms with E-state index in [0.717, 1.165) is 17.5 Å². The molecule has 1 heterocycles. The number of urea groups is 1. The molecular weight excluding hydrogens is 366 g/mol. The molecule has 4 N–H and O–H groups in total. The molecule has 9 heteroatoms. The van der Waals surface area contributed by atoms with Crippen LogP contribution in [-0.4, -0.2) is 31.7 Å². The number of hydrogen-bond donors (Lipinski definition) is 4. The van der Waals surface area contributed by atoms with Crippen LogP contribution in [0.2, 0.25) is 0 Å². The molecule has 2 saturated carbocycles. The Balaban J connectivity index is 1.36. The number of benzene rings is 1. The van der Waals surface area contributed by atoms with Gasteiger partial charge in [-0.05, 0) is 62.4 Å². The van der Waals surface area contributed by atoms with Gasteiger partial charge < -0.3 is 5.32 Å². The fraction of sp³-hybridized carbons (Fsp3) is 0.444. The van der Waals surface area contributed by atoms with Gasteiger partial charge in [0.1, 0.15) is 0 Å². The second kappa shape index (κ2) is 6.97. The van der Waals surface area contributed by atoms with Crippen molar-refractivity contribution in [2.45, 2.75) is 36.5 Å². The Morgan fingerprint density at radius 1 is 1.15 bits per heavy atom. The van der Waals surface area contributed by atoms with Gasteiger partial charge in [-0.2, -0.15) is 5.10 Å². The first-order chi connectivity index (χ1) is 12.9. The van der Waals surface area contributed by atoms with E-state index in [4.69, 9.17) is 0 Å². The summed E-state index contributed by atoms with van der Waals surface area (Å²) >= 11 is 0. The van der Waals surface area contributed by atoms with Gasteiger partial charge in [0.25, 0.3) is 0 Å². The molecule has 2 bridgehead atoms. The monoisotopic (exact) mass is 389 g/mol. The minimum atomic E-state index is -3.49. The number of hydrogen-bond acceptors (Lipinski definition) is 4. The van der Waals surface area contributed by atoms with Crippen molar-refractivity contribution in [1.82, 2.24) is 14.9 Å². The second-order valence-electron chi connectivity index (χ2n) is 7.30. The average molecular weight is 389 g/mol. The number of aromatic amines is 1. The van der Waals surface area contributed by atoms with Gasteiger partial charge in [0.15, 0.2) is 5.82 Å². The van der Waals surface area contributed by atoms with E-state index in [2.05, 4.69) is 25.6 Å². The van der Waals surface area contributed by atoms with Crippen molar-refractivity contribution < 1.29 is 13.2 Å². The minimum Gasteiger partial charge on any atom is -0.308 e. The second-order valence-corrected chi connectivity index (χ2v) is 9.19. The Morgan fingerprint density at radius 2 is 1.93 bits per heavy atom. The molecule has 0 saturated heterocycles. The van der Waals surface area contributed by atoms with Crippen molar-refractivity contribution in [3.05, 3.63) is 36.0 Å². The lowest BCUT2D eigenvalue weighted by molar-refractivity contribution is 0.262. The van der Waals surface area contributed by atoms with E-state index in [9.17, 15) is 13.2 Å². The molecule has 2 amide bonds. The summed E-state index contributed by atoms with van der Waals surface area (Å²) in [6.07, 6.45) is 5.15. The summed E-state index contributed by atoms with van der Waals surface area (Å²) in [5.74, 6) is 2.60. The van der Waals surface area contributed by atoms with Gasteiger partial charge in [0.05, 0.1) is 4.90 Å². The Labute approximate surface area is 158 Å². The van der Waals surface area contributed by atoms with Crippen LogP contribution in [0, 0.1) is 11.8 Å². The summed E-state index contributed by atoms with van der Waals surface area (Å²) in [4.78, 5) is 12.3. The number of sulfonamides is 1. The fourth-order valence-electron chi connectivity index (χ4n) is 4.33. The fourth-order valence-corrected chi connectivity index (χ4v) is 5.06. The lowest BCUT2D eigenvalue weighted by atomic mass is 9.86. The molecule has 1 aromatic heterocycles. The molecule has 0 aliphatic heterocycles. The topological polar surface area (TPSA) is 116 Å². The van der Waals surface area contributed by atoms with Gasteiger partial charge in [0.2, 0.25) is 10.0 Å². The molecule has 3 unspecified atom stereocenters. The van der Waals surface area contributed by atoms with Crippen molar-refractivity contribution in [2.75, 3.05) is 17.7 Å². The van der Waals surface area contributed by atoms with Gasteiger partial charge in [-0.15, -0.1) is 0 Å². The summed E-state index contributed by atoms with van der Waals surface area (Å²) < 4.78 is 25.7. The summed E-state index contributed by atoms with van der Waals surface area (Å²) in [5.41, 5.74) is 1.59. The predicted molar refractivity (Wildman–Crippen MR) is 102 cm³/mol. The summed E-state index contributed by atoms with van der Waals surface area (Å²) in [7, 11) is -2.14. The molecule has 27 heavy (non-hydrogen) atoms. The highest BCUT2D eigenvalue weighted by molar-refractivity contribution is 7.89. The first kappa shape index (κ1) is 18.0. The van der Waals surface area contributed by atoms with Crippen LogP contribution < -0.4 is 15.4 Å². The average Bonchev–Trinajstić information content (AvgIpc) is 3.38. The van der Waals surface area contributed by atoms with Crippen LogP contribution in [0.4, 0.5) is 16.3 Å². The predicted octanol–water partition coefficient (Wildman–Crippen LogP) is 2.87. The molecule has 1 aromatic carbocycles. The number of nitrogens with one attached hydrogen (secondary N) is 4. The Morgan fingerprint density at radius 3 is 2.56 bits per heavy atom. The SMILES string of the molecule is CNS(=O)(=O)c1ccc(NC(=O)Nc2cc(C3CC4CCC3C4)[nH]n2)cc1. The van der Waals surface area contributed by atoms with E-state index in [1.54, 1.807) is 0 Å². The van der Waals surface area contributed by atoms with Crippen LogP contribution >= 0.6 is 0 Å². The van der Waals surface area contributed by atoms with E-state index in [0.29, 0.717) is 17.4 Å². The maximum absolute atomic E-state index is 12.2. The van der Waals surface area contributed by atoms with E-state index < -0.39 is 16.1 Å². The summed E-state index contributed by atoms with van der Waals surface area (Å²) in [5, 5.41) is 12.7. The third-order valence-electron chi connectivity index (χ3n) is 5.67. The van der Waals surface area contributed by atoms with Crippen LogP contribution in [0.15, 0.2) is 35.2 Å². The quantitative estimate of drug-likeness (QED) is 0.629. The van der Waals surface area contributed by atoms with Gasteiger partial charge in [-0.1, -0.05) is 6.42 Å². The molecule has 0 radical (unpaired) electrons. The molecule has 0 spiro atoms. The lowest BCUT2D eigenvalue weighted by Gasteiger charge is -2.19. The molecule has 2 aromatic rings. The first-order valence-electron chi connectivity index (χ1n) is 9.11. The van der Waals surface area contributed by atoms with Crippen LogP contribution in [0.3, 0.4) is 0 Å². The zero-order valence-corrected chi connectivity index (χ0v) is 15.8. The molecule has 2 aliphatic rings. The number of anilines is 2. The van der Waals surface area contributed by atoms with E-state index in [1.807, 2.05) is 6.07 Å². The third-order valence-corrected chi connectivity index (χ3v) is 7.10. The maximum Gasteiger partial charge on any atom is 0.324 e. The number of aromatic nitrogens is 2. The van der Waals surface area contributed by atoms with Crippen LogP contribution in [0.25, 0.3) is 0 Å². The standard InChI is InChI=1S/C18H23N5O3S/c1-19-27(25,26)14-6-4-13(5-7-14)20-18(24)21-17-10-16(22-23-17)15-9-11-2-3-12(15)8-11/h4-7,10-12,15,19H,2-3,8-9H2,1H3,(H3,20,21,22,23,24). The zero-order chi connectivity index (χ0) is 19.0. The third kappa shape index (κ3) is 3.70. The van der Waals surface area contributed by atoms with Gasteiger partial charge in [-0.25, -0.2) is 17.9 Å². The van der Waals surface area contributed by atoms with Crippen molar-refractivity contribution in [3.63, 3.8) is 0 Å². The normalized spacial score (nSPS) is 24.1. The molecule has 2 fully saturated rings. The number of nitrogens with zero attached hydrogens (tertiary/aromatic N) is 1. The summed E-state index contributed by atoms with van der Waals surface area (Å²) in [6.45, 7) is 0. The number of carbonyl (C=O) groups excluding carboxylic acids is 1. The van der Waals surface area contributed by atoms with Crippen LogP contribution in [0.5, 0.6) is 0 Å². The van der Waals surface area contributed by atoms with Crippen molar-refractivity contribution in [2.24, 2.45) is 11.8 Å². The number of carbonyl (C=O) groups is 1. The highest BCUT2D eigenvalue weighted by Gasteiger charge is 2.40. The zero-order valence-electron chi connectivity index (χ0n) is 15.0. The molecule has 4 rings (SSSR count). The maximum atomic E-state index is 12.2. The van der Waals surface area contributed by atoms with Crippen molar-refractivity contribution in [3.8, 4) is 0 Å². The van der Waals surface area contributed by atoms with Crippen molar-refractivity contribution in [1.29, 1.82) is 0 Å². The Hall–Kier alpha value is -2.39. The van der Waals surface area contributed by atoms with Crippen LogP contribution in [-0.2, 0) is 10.0 Å². The molecule has 3 atom stereocenters. The highest BCUT2D eigenvalue weighted by Crippen LogP contribution is 2.52. The van der Waals surface area contributed by atoms with Gasteiger partial charge >= 0.3 is 6.03 Å². The van der Waals surface area contributed by atoms with E-state index >= 15 is 0 Å². The van der Waals surface area contributed by atoms with Crippen LogP contribution in [0.1, 0.15) is 37.3 Å². The largest absolute Gasteiger partial charge is 0.324 e. The number of H-pyrrole nitrogens is 1. The summed E-state index contributed by atoms with van der Waals surface area (Å²) in [6, 6.07) is 7.43. The molecule has 2 aliphatic carbocycles. The number of rotatable bonds is 5. The minimum absolute atomic E-state index is 0.138. The molecular formula is C18H23N5O3S. The van der Waals surface area contributed by atoms with Gasteiger partial charge in [0, 0.05) is 23.4 Å². The lowest BCUT2D eigenvalue weighted by Crippen LogP contribution is -2.20. The first-order valence-corrected chi connectivity index (χ1v) is 10.6. The van der Waals surface area contributed by atoms with Crippen molar-refractivity contribution >= 4 is 27.6 Å². The highest BCUT2D eigenvalue weighted by atomic mass is 32.2. The van der Waals surface area contributed by atoms with Gasteiger partial charge in [-0.3, -0.25) is 10.4 Å². The molecule has 8 nitrogen and oxygen atoms in total. The number of fused-ring (bicyclic) bond motifs is 2. The Kier molecular flexibility index (Phi) is 4.65. The Bertz CT molecular complexity index is 938. The smallest absolute Gasteiger partial charge is 0.308 e. The molecule has 144 valence electrons. The number of amides is 2.